The number of ether oxygens (including phenoxy) is 1. The minimum atomic E-state index is 0.353. The van der Waals surface area contributed by atoms with Crippen LogP contribution < -0.4 is 10.1 Å². The van der Waals surface area contributed by atoms with Gasteiger partial charge in [0.2, 0.25) is 0 Å². The second-order valence-corrected chi connectivity index (χ2v) is 5.36. The number of hydrogen-bond donors (Lipinski definition) is 1. The molecule has 0 saturated heterocycles. The van der Waals surface area contributed by atoms with Crippen LogP contribution in [0.4, 0.5) is 0 Å². The average Bonchev–Trinajstić information content (AvgIpc) is 2.48. The van der Waals surface area contributed by atoms with Gasteiger partial charge in [0.15, 0.2) is 0 Å². The number of hydrogen-bond acceptors (Lipinski definition) is 3. The lowest BCUT2D eigenvalue weighted by molar-refractivity contribution is 0.474. The lowest BCUT2D eigenvalue weighted by atomic mass is 10.0. The molecule has 0 bridgehead atoms. The quantitative estimate of drug-likeness (QED) is 0.783. The van der Waals surface area contributed by atoms with E-state index in [9.17, 15) is 0 Å². The van der Waals surface area contributed by atoms with Gasteiger partial charge in [-0.2, -0.15) is 0 Å². The van der Waals surface area contributed by atoms with E-state index in [0.717, 1.165) is 25.1 Å². The van der Waals surface area contributed by atoms with Crippen molar-refractivity contribution in [2.45, 2.75) is 32.7 Å². The highest BCUT2D eigenvalue weighted by atomic mass is 35.5. The largest absolute Gasteiger partial charge is 0.456 e. The summed E-state index contributed by atoms with van der Waals surface area (Å²) < 4.78 is 5.82. The van der Waals surface area contributed by atoms with Crippen molar-refractivity contribution in [1.82, 2.24) is 10.3 Å². The number of halogens is 1. The van der Waals surface area contributed by atoms with E-state index in [1.807, 2.05) is 12.1 Å². The second kappa shape index (κ2) is 8.01. The van der Waals surface area contributed by atoms with Crippen molar-refractivity contribution in [3.63, 3.8) is 0 Å². The Morgan fingerprint density at radius 1 is 1.19 bits per heavy atom. The van der Waals surface area contributed by atoms with Gasteiger partial charge in [-0.15, -0.1) is 0 Å². The highest BCUT2D eigenvalue weighted by Crippen LogP contribution is 2.26. The lowest BCUT2D eigenvalue weighted by Gasteiger charge is -2.18. The fraction of sp³-hybridized carbons (Fsp3) is 0.353. The van der Waals surface area contributed by atoms with Gasteiger partial charge in [-0.3, -0.25) is 4.98 Å². The normalized spacial score (nSPS) is 12.1. The molecule has 21 heavy (non-hydrogen) atoms. The molecule has 0 aliphatic heterocycles. The van der Waals surface area contributed by atoms with Gasteiger partial charge in [0, 0.05) is 18.3 Å². The molecule has 1 aromatic heterocycles. The Kier molecular flexibility index (Phi) is 6.03. The summed E-state index contributed by atoms with van der Waals surface area (Å²) in [5.41, 5.74) is 1.23. The van der Waals surface area contributed by atoms with Crippen molar-refractivity contribution in [3.05, 3.63) is 53.3 Å². The molecule has 0 spiro atoms. The van der Waals surface area contributed by atoms with Crippen LogP contribution >= 0.6 is 11.6 Å². The second-order valence-electron chi connectivity index (χ2n) is 4.93. The van der Waals surface area contributed by atoms with Crippen molar-refractivity contribution >= 4 is 11.6 Å². The molecule has 0 saturated carbocycles. The Morgan fingerprint density at radius 3 is 2.76 bits per heavy atom. The predicted molar refractivity (Wildman–Crippen MR) is 87.1 cm³/mol. The molecule has 1 unspecified atom stereocenters. The van der Waals surface area contributed by atoms with Crippen LogP contribution in [0.3, 0.4) is 0 Å². The summed E-state index contributed by atoms with van der Waals surface area (Å²) in [6.45, 7) is 5.37. The van der Waals surface area contributed by atoms with Crippen LogP contribution in [-0.2, 0) is 0 Å². The molecule has 2 rings (SSSR count). The van der Waals surface area contributed by atoms with Crippen molar-refractivity contribution in [3.8, 4) is 11.5 Å². The fourth-order valence-electron chi connectivity index (χ4n) is 2.20. The van der Waals surface area contributed by atoms with Crippen LogP contribution in [0.2, 0.25) is 5.02 Å². The molecule has 0 aliphatic rings. The number of pyridine rings is 1. The van der Waals surface area contributed by atoms with Gasteiger partial charge in [-0.1, -0.05) is 37.6 Å². The van der Waals surface area contributed by atoms with Gasteiger partial charge in [-0.25, -0.2) is 0 Å². The number of nitrogens with one attached hydrogen (secondary N) is 1. The molecule has 4 heteroatoms. The molecule has 2 aromatic rings. The summed E-state index contributed by atoms with van der Waals surface area (Å²) >= 11 is 5.92. The van der Waals surface area contributed by atoms with E-state index in [0.29, 0.717) is 16.8 Å². The van der Waals surface area contributed by atoms with Crippen LogP contribution in [0.5, 0.6) is 11.5 Å². The van der Waals surface area contributed by atoms with Crippen molar-refractivity contribution in [2.24, 2.45) is 0 Å². The van der Waals surface area contributed by atoms with Gasteiger partial charge >= 0.3 is 0 Å². The molecular weight excluding hydrogens is 284 g/mol. The van der Waals surface area contributed by atoms with Crippen LogP contribution in [0.15, 0.2) is 42.7 Å². The van der Waals surface area contributed by atoms with E-state index in [1.54, 1.807) is 18.5 Å². The monoisotopic (exact) mass is 304 g/mol. The van der Waals surface area contributed by atoms with Gasteiger partial charge in [0.05, 0.1) is 11.2 Å². The summed E-state index contributed by atoms with van der Waals surface area (Å²) in [5.74, 6) is 1.45. The van der Waals surface area contributed by atoms with E-state index in [4.69, 9.17) is 16.3 Å². The molecule has 0 fully saturated rings. The Bertz CT molecular complexity index is 574. The van der Waals surface area contributed by atoms with Crippen molar-refractivity contribution in [1.29, 1.82) is 0 Å². The third-order valence-electron chi connectivity index (χ3n) is 3.22. The first kappa shape index (κ1) is 15.8. The SMILES string of the molecule is CCCNC(CC)c1cccc(Oc2cncc(Cl)c2)c1. The first-order valence-electron chi connectivity index (χ1n) is 7.34. The number of aromatic nitrogens is 1. The van der Waals surface area contributed by atoms with Gasteiger partial charge < -0.3 is 10.1 Å². The molecular formula is C17H21ClN2O. The first-order chi connectivity index (χ1) is 10.2. The summed E-state index contributed by atoms with van der Waals surface area (Å²) in [5, 5.41) is 4.12. The average molecular weight is 305 g/mol. The standard InChI is InChI=1S/C17H21ClN2O/c1-3-8-20-17(4-2)13-6-5-7-15(9-13)21-16-10-14(18)11-19-12-16/h5-7,9-12,17,20H,3-4,8H2,1-2H3. The summed E-state index contributed by atoms with van der Waals surface area (Å²) in [6.07, 6.45) is 5.42. The van der Waals surface area contributed by atoms with Gasteiger partial charge in [-0.05, 0) is 37.1 Å². The Balaban J connectivity index is 2.13. The molecule has 0 aliphatic carbocycles. The fourth-order valence-corrected chi connectivity index (χ4v) is 2.36. The third-order valence-corrected chi connectivity index (χ3v) is 3.43. The molecule has 1 aromatic carbocycles. The highest BCUT2D eigenvalue weighted by Gasteiger charge is 2.09. The van der Waals surface area contributed by atoms with E-state index in [1.165, 1.54) is 5.56 Å². The Hall–Kier alpha value is -1.58. The number of rotatable bonds is 7. The minimum Gasteiger partial charge on any atom is -0.456 e. The Labute approximate surface area is 131 Å². The van der Waals surface area contributed by atoms with E-state index < -0.39 is 0 Å². The molecule has 0 amide bonds. The zero-order chi connectivity index (χ0) is 15.1. The van der Waals surface area contributed by atoms with Crippen LogP contribution in [0.25, 0.3) is 0 Å². The lowest BCUT2D eigenvalue weighted by Crippen LogP contribution is -2.21. The summed E-state index contributed by atoms with van der Waals surface area (Å²) in [4.78, 5) is 4.03. The Morgan fingerprint density at radius 2 is 2.05 bits per heavy atom. The van der Waals surface area contributed by atoms with Crippen LogP contribution in [0.1, 0.15) is 38.3 Å². The van der Waals surface area contributed by atoms with Crippen molar-refractivity contribution in [2.75, 3.05) is 6.54 Å². The molecule has 112 valence electrons. The van der Waals surface area contributed by atoms with E-state index in [2.05, 4.69) is 36.3 Å². The molecule has 1 heterocycles. The van der Waals surface area contributed by atoms with E-state index in [-0.39, 0.29) is 0 Å². The van der Waals surface area contributed by atoms with Crippen molar-refractivity contribution < 1.29 is 4.74 Å². The predicted octanol–water partition coefficient (Wildman–Crippen LogP) is 4.98. The molecule has 1 N–H and O–H groups in total. The molecule has 3 nitrogen and oxygen atoms in total. The number of nitrogens with zero attached hydrogens (tertiary/aromatic N) is 1. The third kappa shape index (κ3) is 4.73. The summed E-state index contributed by atoms with van der Waals surface area (Å²) in [6, 6.07) is 10.3. The van der Waals surface area contributed by atoms with Gasteiger partial charge in [0.25, 0.3) is 0 Å². The maximum atomic E-state index is 5.92. The molecule has 1 atom stereocenters. The van der Waals surface area contributed by atoms with Gasteiger partial charge in [0.1, 0.15) is 11.5 Å². The van der Waals surface area contributed by atoms with Crippen LogP contribution in [-0.4, -0.2) is 11.5 Å². The maximum absolute atomic E-state index is 5.92. The highest BCUT2D eigenvalue weighted by molar-refractivity contribution is 6.30. The zero-order valence-electron chi connectivity index (χ0n) is 12.5. The smallest absolute Gasteiger partial charge is 0.147 e. The topological polar surface area (TPSA) is 34.1 Å². The van der Waals surface area contributed by atoms with E-state index >= 15 is 0 Å². The molecule has 0 radical (unpaired) electrons. The maximum Gasteiger partial charge on any atom is 0.147 e. The number of benzene rings is 1. The van der Waals surface area contributed by atoms with Crippen LogP contribution in [0, 0.1) is 0 Å². The first-order valence-corrected chi connectivity index (χ1v) is 7.72. The summed E-state index contributed by atoms with van der Waals surface area (Å²) in [7, 11) is 0. The zero-order valence-corrected chi connectivity index (χ0v) is 13.2. The minimum absolute atomic E-state index is 0.353.